The number of nitrogens with zero attached hydrogens (tertiary/aromatic N) is 2. The Morgan fingerprint density at radius 3 is 2.56 bits per heavy atom. The van der Waals surface area contributed by atoms with Crippen molar-refractivity contribution in [2.45, 2.75) is 13.5 Å². The third-order valence-electron chi connectivity index (χ3n) is 4.02. The number of hydrazone groups is 1. The summed E-state index contributed by atoms with van der Waals surface area (Å²) in [5.41, 5.74) is 9.92. The molecule has 3 rings (SSSR count). The average molecular weight is 330 g/mol. The van der Waals surface area contributed by atoms with Crippen molar-refractivity contribution < 1.29 is 0 Å². The first-order chi connectivity index (χ1) is 12.3. The molecule has 0 aliphatic rings. The van der Waals surface area contributed by atoms with E-state index in [0.717, 1.165) is 28.9 Å². The van der Waals surface area contributed by atoms with Gasteiger partial charge in [-0.05, 0) is 60.0 Å². The Labute approximate surface area is 148 Å². The van der Waals surface area contributed by atoms with Gasteiger partial charge in [-0.1, -0.05) is 36.4 Å². The second-order valence-electron chi connectivity index (χ2n) is 5.91. The predicted octanol–water partition coefficient (Wildman–Crippen LogP) is 4.22. The molecule has 0 amide bonds. The number of aromatic nitrogens is 1. The molecule has 0 atom stereocenters. The van der Waals surface area contributed by atoms with Crippen LogP contribution in [0.5, 0.6) is 0 Å². The Hall–Kier alpha value is -2.98. The predicted molar refractivity (Wildman–Crippen MR) is 105 cm³/mol. The van der Waals surface area contributed by atoms with Gasteiger partial charge >= 0.3 is 0 Å². The molecule has 2 aromatic carbocycles. The van der Waals surface area contributed by atoms with Crippen LogP contribution in [0, 0.1) is 6.92 Å². The van der Waals surface area contributed by atoms with Crippen LogP contribution in [0.1, 0.15) is 16.7 Å². The van der Waals surface area contributed by atoms with Crippen molar-refractivity contribution in [1.82, 2.24) is 10.3 Å². The maximum absolute atomic E-state index is 4.33. The van der Waals surface area contributed by atoms with Crippen molar-refractivity contribution in [2.75, 3.05) is 12.5 Å². The number of nitrogens with one attached hydrogen (secondary N) is 2. The molecule has 25 heavy (non-hydrogen) atoms. The van der Waals surface area contributed by atoms with E-state index in [0.29, 0.717) is 0 Å². The summed E-state index contributed by atoms with van der Waals surface area (Å²) < 4.78 is 0. The molecule has 0 radical (unpaired) electrons. The van der Waals surface area contributed by atoms with Gasteiger partial charge in [-0.25, -0.2) is 0 Å². The minimum atomic E-state index is 0.880. The van der Waals surface area contributed by atoms with Crippen LogP contribution in [-0.4, -0.2) is 18.2 Å². The summed E-state index contributed by atoms with van der Waals surface area (Å²) in [5, 5.41) is 7.50. The fourth-order valence-corrected chi connectivity index (χ4v) is 2.64. The first-order valence-corrected chi connectivity index (χ1v) is 8.30. The van der Waals surface area contributed by atoms with Crippen LogP contribution in [0.4, 0.5) is 5.69 Å². The summed E-state index contributed by atoms with van der Waals surface area (Å²) in [4.78, 5) is 4.15. The van der Waals surface area contributed by atoms with Gasteiger partial charge in [0.1, 0.15) is 0 Å². The lowest BCUT2D eigenvalue weighted by Crippen LogP contribution is -2.06. The summed E-state index contributed by atoms with van der Waals surface area (Å²) in [6, 6.07) is 18.5. The SMILES string of the molecule is CNCc1ccc(/C=N/Nc2ccc(-c3cccnc3)cc2)cc1C. The van der Waals surface area contributed by atoms with Crippen molar-refractivity contribution in [1.29, 1.82) is 0 Å². The lowest BCUT2D eigenvalue weighted by molar-refractivity contribution is 0.812. The lowest BCUT2D eigenvalue weighted by Gasteiger charge is -2.06. The molecule has 3 aromatic rings. The van der Waals surface area contributed by atoms with Crippen LogP contribution in [0.25, 0.3) is 11.1 Å². The number of benzene rings is 2. The Morgan fingerprint density at radius 1 is 1.04 bits per heavy atom. The monoisotopic (exact) mass is 330 g/mol. The molecule has 1 heterocycles. The number of anilines is 1. The molecule has 0 aliphatic heterocycles. The fraction of sp³-hybridized carbons (Fsp3) is 0.143. The van der Waals surface area contributed by atoms with Crippen LogP contribution < -0.4 is 10.7 Å². The summed E-state index contributed by atoms with van der Waals surface area (Å²) >= 11 is 0. The molecule has 0 spiro atoms. The molecule has 0 unspecified atom stereocenters. The van der Waals surface area contributed by atoms with E-state index < -0.39 is 0 Å². The Balaban J connectivity index is 1.63. The van der Waals surface area contributed by atoms with E-state index in [2.05, 4.69) is 58.1 Å². The van der Waals surface area contributed by atoms with Gasteiger partial charge in [0.25, 0.3) is 0 Å². The summed E-state index contributed by atoms with van der Waals surface area (Å²) in [6.45, 7) is 3.00. The highest BCUT2D eigenvalue weighted by molar-refractivity contribution is 5.80. The van der Waals surface area contributed by atoms with Crippen molar-refractivity contribution in [3.8, 4) is 11.1 Å². The molecular weight excluding hydrogens is 308 g/mol. The standard InChI is InChI=1S/C21H22N4/c1-16-12-17(5-6-19(16)14-22-2)13-24-25-21-9-7-18(8-10-21)20-4-3-11-23-15-20/h3-13,15,22,25H,14H2,1-2H3/b24-13+. The highest BCUT2D eigenvalue weighted by atomic mass is 15.3. The molecule has 126 valence electrons. The van der Waals surface area contributed by atoms with Gasteiger partial charge in [0, 0.05) is 18.9 Å². The number of hydrogen-bond acceptors (Lipinski definition) is 4. The summed E-state index contributed by atoms with van der Waals surface area (Å²) in [6.07, 6.45) is 5.48. The van der Waals surface area contributed by atoms with Gasteiger partial charge < -0.3 is 5.32 Å². The molecule has 4 nitrogen and oxygen atoms in total. The smallest absolute Gasteiger partial charge is 0.0562 e. The Bertz CT molecular complexity index is 840. The van der Waals surface area contributed by atoms with Crippen molar-refractivity contribution in [2.24, 2.45) is 5.10 Å². The maximum Gasteiger partial charge on any atom is 0.0562 e. The van der Waals surface area contributed by atoms with Crippen LogP contribution in [0.2, 0.25) is 0 Å². The topological polar surface area (TPSA) is 49.3 Å². The summed E-state index contributed by atoms with van der Waals surface area (Å²) in [7, 11) is 1.96. The summed E-state index contributed by atoms with van der Waals surface area (Å²) in [5.74, 6) is 0. The van der Waals surface area contributed by atoms with E-state index in [1.54, 1.807) is 6.20 Å². The zero-order chi connectivity index (χ0) is 17.5. The average Bonchev–Trinajstić information content (AvgIpc) is 2.65. The maximum atomic E-state index is 4.33. The van der Waals surface area contributed by atoms with Crippen molar-refractivity contribution in [3.05, 3.63) is 83.7 Å². The molecule has 0 fully saturated rings. The van der Waals surface area contributed by atoms with E-state index in [4.69, 9.17) is 0 Å². The Morgan fingerprint density at radius 2 is 1.88 bits per heavy atom. The number of rotatable bonds is 6. The quantitative estimate of drug-likeness (QED) is 0.525. The highest BCUT2D eigenvalue weighted by Gasteiger charge is 1.99. The van der Waals surface area contributed by atoms with E-state index in [-0.39, 0.29) is 0 Å². The van der Waals surface area contributed by atoms with Gasteiger partial charge in [0.05, 0.1) is 11.9 Å². The van der Waals surface area contributed by atoms with Gasteiger partial charge in [-0.2, -0.15) is 5.10 Å². The van der Waals surface area contributed by atoms with E-state index in [1.807, 2.05) is 43.7 Å². The largest absolute Gasteiger partial charge is 0.316 e. The molecule has 1 aromatic heterocycles. The van der Waals surface area contributed by atoms with Crippen LogP contribution in [0.3, 0.4) is 0 Å². The number of aryl methyl sites for hydroxylation is 1. The second kappa shape index (κ2) is 8.22. The van der Waals surface area contributed by atoms with Gasteiger partial charge in [0.15, 0.2) is 0 Å². The lowest BCUT2D eigenvalue weighted by atomic mass is 10.1. The minimum Gasteiger partial charge on any atom is -0.316 e. The van der Waals surface area contributed by atoms with Crippen LogP contribution in [-0.2, 0) is 6.54 Å². The molecule has 0 bridgehead atoms. The van der Waals surface area contributed by atoms with E-state index >= 15 is 0 Å². The first kappa shape index (κ1) is 16.9. The van der Waals surface area contributed by atoms with Crippen molar-refractivity contribution >= 4 is 11.9 Å². The minimum absolute atomic E-state index is 0.880. The number of pyridine rings is 1. The van der Waals surface area contributed by atoms with Gasteiger partial charge in [-0.3, -0.25) is 10.4 Å². The molecule has 2 N–H and O–H groups in total. The van der Waals surface area contributed by atoms with E-state index in [9.17, 15) is 0 Å². The van der Waals surface area contributed by atoms with E-state index in [1.165, 1.54) is 11.1 Å². The number of hydrogen-bond donors (Lipinski definition) is 2. The normalized spacial score (nSPS) is 11.0. The third-order valence-corrected chi connectivity index (χ3v) is 4.02. The van der Waals surface area contributed by atoms with Crippen LogP contribution >= 0.6 is 0 Å². The fourth-order valence-electron chi connectivity index (χ4n) is 2.64. The molecule has 4 heteroatoms. The molecule has 0 aliphatic carbocycles. The van der Waals surface area contributed by atoms with Gasteiger partial charge in [-0.15, -0.1) is 0 Å². The highest BCUT2D eigenvalue weighted by Crippen LogP contribution is 2.20. The second-order valence-corrected chi connectivity index (χ2v) is 5.91. The Kier molecular flexibility index (Phi) is 5.54. The first-order valence-electron chi connectivity index (χ1n) is 8.30. The van der Waals surface area contributed by atoms with Gasteiger partial charge in [0.2, 0.25) is 0 Å². The zero-order valence-electron chi connectivity index (χ0n) is 14.5. The van der Waals surface area contributed by atoms with Crippen LogP contribution in [0.15, 0.2) is 72.1 Å². The third kappa shape index (κ3) is 4.52. The molecular formula is C21H22N4. The van der Waals surface area contributed by atoms with Crippen molar-refractivity contribution in [3.63, 3.8) is 0 Å². The molecule has 0 saturated heterocycles. The molecule has 0 saturated carbocycles. The zero-order valence-corrected chi connectivity index (χ0v) is 14.5.